The van der Waals surface area contributed by atoms with Crippen LogP contribution >= 0.6 is 11.6 Å². The molecule has 0 bridgehead atoms. The molecule has 0 N–H and O–H groups in total. The molecule has 0 spiro atoms. The van der Waals surface area contributed by atoms with Crippen molar-refractivity contribution < 1.29 is 9.47 Å². The lowest BCUT2D eigenvalue weighted by atomic mass is 10.1. The van der Waals surface area contributed by atoms with Crippen LogP contribution in [0.25, 0.3) is 11.4 Å². The second kappa shape index (κ2) is 7.80. The van der Waals surface area contributed by atoms with E-state index in [2.05, 4.69) is 15.5 Å². The van der Waals surface area contributed by atoms with Gasteiger partial charge in [0.15, 0.2) is 0 Å². The highest BCUT2D eigenvalue weighted by Gasteiger charge is 2.16. The topological polar surface area (TPSA) is 89.0 Å². The molecule has 0 radical (unpaired) electrons. The average molecular weight is 413 g/mol. The number of aromatic nitrogens is 6. The van der Waals surface area contributed by atoms with E-state index < -0.39 is 0 Å². The van der Waals surface area contributed by atoms with Gasteiger partial charge in [0.25, 0.3) is 0 Å². The van der Waals surface area contributed by atoms with E-state index in [0.717, 1.165) is 10.4 Å². The average Bonchev–Trinajstić information content (AvgIpc) is 3.34. The Balaban J connectivity index is 1.61. The Morgan fingerprint density at radius 2 is 1.86 bits per heavy atom. The number of ether oxygens (including phenoxy) is 2. The van der Waals surface area contributed by atoms with Gasteiger partial charge in [-0.15, -0.1) is 5.10 Å². The lowest BCUT2D eigenvalue weighted by molar-refractivity contribution is 0.283. The molecule has 10 heteroatoms. The number of nitrogens with zero attached hydrogens (tertiary/aromatic N) is 6. The van der Waals surface area contributed by atoms with E-state index in [9.17, 15) is 4.79 Å². The summed E-state index contributed by atoms with van der Waals surface area (Å²) in [7, 11) is 3.09. The molecule has 0 saturated carbocycles. The second-order valence-electron chi connectivity index (χ2n) is 6.12. The van der Waals surface area contributed by atoms with Crippen LogP contribution in [-0.4, -0.2) is 36.7 Å². The zero-order chi connectivity index (χ0) is 20.4. The molecule has 0 amide bonds. The molecule has 4 rings (SSSR count). The van der Waals surface area contributed by atoms with Crippen LogP contribution in [0.1, 0.15) is 5.56 Å². The zero-order valence-corrected chi connectivity index (χ0v) is 16.4. The fourth-order valence-corrected chi connectivity index (χ4v) is 2.95. The summed E-state index contributed by atoms with van der Waals surface area (Å²) in [5.74, 6) is 0.987. The first-order valence-electron chi connectivity index (χ1n) is 8.66. The Morgan fingerprint density at radius 1 is 1.07 bits per heavy atom. The Labute approximate surface area is 170 Å². The summed E-state index contributed by atoms with van der Waals surface area (Å²) in [6, 6.07) is 14.4. The van der Waals surface area contributed by atoms with Gasteiger partial charge >= 0.3 is 5.69 Å². The highest BCUT2D eigenvalue weighted by Crippen LogP contribution is 2.26. The van der Waals surface area contributed by atoms with Crippen LogP contribution in [-0.2, 0) is 13.7 Å². The predicted octanol–water partition coefficient (Wildman–Crippen LogP) is 2.39. The van der Waals surface area contributed by atoms with E-state index >= 15 is 0 Å². The van der Waals surface area contributed by atoms with Gasteiger partial charge in [-0.2, -0.15) is 9.36 Å². The van der Waals surface area contributed by atoms with E-state index in [1.54, 1.807) is 54.4 Å². The minimum Gasteiger partial charge on any atom is -0.496 e. The molecule has 0 fully saturated rings. The first-order valence-corrected chi connectivity index (χ1v) is 9.04. The van der Waals surface area contributed by atoms with Gasteiger partial charge in [-0.3, -0.25) is 0 Å². The first kappa shape index (κ1) is 18.8. The summed E-state index contributed by atoms with van der Waals surface area (Å²) in [5.41, 5.74) is 1.66. The van der Waals surface area contributed by atoms with Gasteiger partial charge in [0.05, 0.1) is 24.0 Å². The van der Waals surface area contributed by atoms with Crippen molar-refractivity contribution >= 4 is 11.6 Å². The molecular weight excluding hydrogens is 396 g/mol. The minimum absolute atomic E-state index is 0.125. The van der Waals surface area contributed by atoms with Crippen molar-refractivity contribution in [3.05, 3.63) is 75.8 Å². The minimum atomic E-state index is -0.369. The summed E-state index contributed by atoms with van der Waals surface area (Å²) in [6.45, 7) is 0.125. The van der Waals surface area contributed by atoms with E-state index in [1.807, 2.05) is 12.1 Å². The summed E-state index contributed by atoms with van der Waals surface area (Å²) < 4.78 is 15.3. The fourth-order valence-electron chi connectivity index (χ4n) is 2.82. The highest BCUT2D eigenvalue weighted by atomic mass is 35.5. The molecule has 148 valence electrons. The van der Waals surface area contributed by atoms with Crippen molar-refractivity contribution in [1.82, 2.24) is 29.6 Å². The molecule has 0 saturated heterocycles. The van der Waals surface area contributed by atoms with E-state index in [0.29, 0.717) is 27.9 Å². The first-order chi connectivity index (χ1) is 14.1. The molecule has 9 nitrogen and oxygen atoms in total. The monoisotopic (exact) mass is 412 g/mol. The zero-order valence-electron chi connectivity index (χ0n) is 15.7. The number of methoxy groups -OCH3 is 1. The van der Waals surface area contributed by atoms with Crippen molar-refractivity contribution in [1.29, 1.82) is 0 Å². The van der Waals surface area contributed by atoms with Crippen molar-refractivity contribution in [2.45, 2.75) is 6.61 Å². The van der Waals surface area contributed by atoms with Crippen LogP contribution < -0.4 is 15.2 Å². The second-order valence-corrected chi connectivity index (χ2v) is 6.55. The number of benzene rings is 2. The Morgan fingerprint density at radius 3 is 2.55 bits per heavy atom. The van der Waals surface area contributed by atoms with Gasteiger partial charge in [-0.25, -0.2) is 9.48 Å². The largest absolute Gasteiger partial charge is 0.496 e. The van der Waals surface area contributed by atoms with Crippen LogP contribution in [0.15, 0.2) is 59.5 Å². The molecule has 0 aliphatic heterocycles. The molecule has 0 aliphatic rings. The molecule has 0 atom stereocenters. The predicted molar refractivity (Wildman–Crippen MR) is 106 cm³/mol. The molecule has 2 aromatic carbocycles. The third-order valence-corrected chi connectivity index (χ3v) is 4.55. The highest BCUT2D eigenvalue weighted by molar-refractivity contribution is 6.30. The molecule has 2 aromatic heterocycles. The smallest absolute Gasteiger partial charge is 0.368 e. The van der Waals surface area contributed by atoms with Gasteiger partial charge in [0.1, 0.15) is 12.4 Å². The normalized spacial score (nSPS) is 10.9. The lowest BCUT2D eigenvalue weighted by Gasteiger charge is -2.13. The van der Waals surface area contributed by atoms with Crippen molar-refractivity contribution in [2.24, 2.45) is 7.05 Å². The molecule has 0 aliphatic carbocycles. The number of halogens is 1. The van der Waals surface area contributed by atoms with Gasteiger partial charge in [0, 0.05) is 24.3 Å². The Kier molecular flexibility index (Phi) is 5.05. The van der Waals surface area contributed by atoms with E-state index in [1.165, 1.54) is 11.7 Å². The van der Waals surface area contributed by atoms with Gasteiger partial charge in [0.2, 0.25) is 5.88 Å². The van der Waals surface area contributed by atoms with Gasteiger partial charge in [-0.1, -0.05) is 17.7 Å². The molecule has 29 heavy (non-hydrogen) atoms. The third kappa shape index (κ3) is 3.72. The molecular formula is C19H17ClN6O3. The van der Waals surface area contributed by atoms with E-state index in [-0.39, 0.29) is 12.3 Å². The summed E-state index contributed by atoms with van der Waals surface area (Å²) >= 11 is 5.93. The number of tetrazole rings is 1. The maximum Gasteiger partial charge on any atom is 0.368 e. The number of hydrogen-bond donors (Lipinski definition) is 0. The van der Waals surface area contributed by atoms with Crippen LogP contribution in [0.4, 0.5) is 0 Å². The van der Waals surface area contributed by atoms with E-state index in [4.69, 9.17) is 21.1 Å². The Bertz CT molecular complexity index is 1200. The SMILES string of the molecule is COc1cccc(-n2nnn(C)c2=O)c1COc1ccn(-c2ccc(Cl)cc2)n1. The quantitative estimate of drug-likeness (QED) is 0.483. The summed E-state index contributed by atoms with van der Waals surface area (Å²) in [5, 5.41) is 12.7. The van der Waals surface area contributed by atoms with Crippen molar-refractivity contribution in [2.75, 3.05) is 7.11 Å². The van der Waals surface area contributed by atoms with Crippen LogP contribution in [0, 0.1) is 0 Å². The molecule has 0 unspecified atom stereocenters. The number of rotatable bonds is 6. The maximum atomic E-state index is 12.3. The maximum absolute atomic E-state index is 12.3. The van der Waals surface area contributed by atoms with Gasteiger partial charge < -0.3 is 9.47 Å². The standard InChI is InChI=1S/C19H17ClN6O3/c1-24-19(27)26(23-22-24)16-4-3-5-17(28-2)15(16)12-29-18-10-11-25(21-18)14-8-6-13(20)7-9-14/h3-11H,12H2,1-2H3. The Hall–Kier alpha value is -3.59. The van der Waals surface area contributed by atoms with Crippen LogP contribution in [0.3, 0.4) is 0 Å². The van der Waals surface area contributed by atoms with Crippen molar-refractivity contribution in [3.8, 4) is 23.0 Å². The number of hydrogen-bond acceptors (Lipinski definition) is 6. The summed E-state index contributed by atoms with van der Waals surface area (Å²) in [4.78, 5) is 12.3. The fraction of sp³-hybridized carbons (Fsp3) is 0.158. The molecule has 4 aromatic rings. The third-order valence-electron chi connectivity index (χ3n) is 4.30. The van der Waals surface area contributed by atoms with Crippen molar-refractivity contribution in [3.63, 3.8) is 0 Å². The van der Waals surface area contributed by atoms with Gasteiger partial charge in [-0.05, 0) is 46.8 Å². The lowest BCUT2D eigenvalue weighted by Crippen LogP contribution is -2.23. The summed E-state index contributed by atoms with van der Waals surface area (Å²) in [6.07, 6.45) is 1.79. The van der Waals surface area contributed by atoms with Crippen LogP contribution in [0.2, 0.25) is 5.02 Å². The van der Waals surface area contributed by atoms with Crippen LogP contribution in [0.5, 0.6) is 11.6 Å². The number of aryl methyl sites for hydroxylation is 1. The molecule has 2 heterocycles.